The number of rotatable bonds is 6. The first-order valence-corrected chi connectivity index (χ1v) is 4.79. The van der Waals surface area contributed by atoms with Gasteiger partial charge in [0.2, 0.25) is 0 Å². The molecule has 0 aliphatic rings. The molecule has 1 unspecified atom stereocenters. The Kier molecular flexibility index (Phi) is 4.86. The SMILES string of the molecule is CNc1cncc(NC(CO)COC)c1. The van der Waals surface area contributed by atoms with Crippen LogP contribution in [0, 0.1) is 0 Å². The smallest absolute Gasteiger partial charge is 0.0726 e. The maximum absolute atomic E-state index is 9.07. The fourth-order valence-electron chi connectivity index (χ4n) is 1.23. The van der Waals surface area contributed by atoms with Crippen LogP contribution in [0.1, 0.15) is 0 Å². The predicted molar refractivity (Wildman–Crippen MR) is 60.2 cm³/mol. The monoisotopic (exact) mass is 211 g/mol. The molecule has 84 valence electrons. The molecule has 1 aromatic rings. The van der Waals surface area contributed by atoms with Gasteiger partial charge in [-0.2, -0.15) is 0 Å². The van der Waals surface area contributed by atoms with Gasteiger partial charge in [-0.3, -0.25) is 4.98 Å². The zero-order valence-corrected chi connectivity index (χ0v) is 9.03. The second-order valence-electron chi connectivity index (χ2n) is 3.19. The van der Waals surface area contributed by atoms with E-state index in [9.17, 15) is 0 Å². The largest absolute Gasteiger partial charge is 0.394 e. The van der Waals surface area contributed by atoms with E-state index in [0.29, 0.717) is 6.61 Å². The second-order valence-corrected chi connectivity index (χ2v) is 3.19. The van der Waals surface area contributed by atoms with Gasteiger partial charge in [-0.05, 0) is 6.07 Å². The molecule has 1 rings (SSSR count). The molecule has 0 bridgehead atoms. The summed E-state index contributed by atoms with van der Waals surface area (Å²) in [6, 6.07) is 1.81. The van der Waals surface area contributed by atoms with Crippen LogP contribution in [0.4, 0.5) is 11.4 Å². The van der Waals surface area contributed by atoms with Gasteiger partial charge >= 0.3 is 0 Å². The number of hydrogen-bond donors (Lipinski definition) is 3. The first kappa shape index (κ1) is 11.7. The minimum Gasteiger partial charge on any atom is -0.394 e. The van der Waals surface area contributed by atoms with Gasteiger partial charge in [-0.25, -0.2) is 0 Å². The van der Waals surface area contributed by atoms with Crippen LogP contribution in [-0.4, -0.2) is 43.5 Å². The lowest BCUT2D eigenvalue weighted by Crippen LogP contribution is -2.28. The summed E-state index contributed by atoms with van der Waals surface area (Å²) in [5.74, 6) is 0. The molecule has 0 aliphatic carbocycles. The van der Waals surface area contributed by atoms with Gasteiger partial charge in [-0.15, -0.1) is 0 Å². The van der Waals surface area contributed by atoms with Gasteiger partial charge in [0.25, 0.3) is 0 Å². The zero-order chi connectivity index (χ0) is 11.1. The van der Waals surface area contributed by atoms with Gasteiger partial charge in [0, 0.05) is 14.2 Å². The van der Waals surface area contributed by atoms with Crippen molar-refractivity contribution in [1.29, 1.82) is 0 Å². The molecule has 0 radical (unpaired) electrons. The molecule has 0 saturated carbocycles. The summed E-state index contributed by atoms with van der Waals surface area (Å²) in [5, 5.41) is 15.2. The van der Waals surface area contributed by atoms with Crippen molar-refractivity contribution in [3.8, 4) is 0 Å². The Morgan fingerprint density at radius 3 is 2.80 bits per heavy atom. The first-order valence-electron chi connectivity index (χ1n) is 4.79. The van der Waals surface area contributed by atoms with Gasteiger partial charge in [0.05, 0.1) is 43.0 Å². The quantitative estimate of drug-likeness (QED) is 0.641. The van der Waals surface area contributed by atoms with Crippen molar-refractivity contribution in [2.45, 2.75) is 6.04 Å². The van der Waals surface area contributed by atoms with Crippen molar-refractivity contribution < 1.29 is 9.84 Å². The molecule has 0 amide bonds. The van der Waals surface area contributed by atoms with Crippen LogP contribution in [0.2, 0.25) is 0 Å². The van der Waals surface area contributed by atoms with Gasteiger partial charge in [0.1, 0.15) is 0 Å². The summed E-state index contributed by atoms with van der Waals surface area (Å²) in [6.07, 6.45) is 3.44. The van der Waals surface area contributed by atoms with Crippen molar-refractivity contribution in [2.75, 3.05) is 38.0 Å². The fourth-order valence-corrected chi connectivity index (χ4v) is 1.23. The lowest BCUT2D eigenvalue weighted by atomic mass is 10.3. The predicted octanol–water partition coefficient (Wildman–Crippen LogP) is 0.542. The highest BCUT2D eigenvalue weighted by Crippen LogP contribution is 2.13. The number of methoxy groups -OCH3 is 1. The molecular weight excluding hydrogens is 194 g/mol. The average Bonchev–Trinajstić information content (AvgIpc) is 2.29. The maximum atomic E-state index is 9.07. The first-order chi connectivity index (χ1) is 7.30. The van der Waals surface area contributed by atoms with Crippen molar-refractivity contribution in [3.63, 3.8) is 0 Å². The van der Waals surface area contributed by atoms with Gasteiger partial charge in [0.15, 0.2) is 0 Å². The Hall–Kier alpha value is -1.33. The summed E-state index contributed by atoms with van der Waals surface area (Å²) in [6.45, 7) is 0.484. The molecule has 15 heavy (non-hydrogen) atoms. The Morgan fingerprint density at radius 2 is 2.20 bits per heavy atom. The van der Waals surface area contributed by atoms with E-state index in [1.165, 1.54) is 0 Å². The summed E-state index contributed by atoms with van der Waals surface area (Å²) in [7, 11) is 3.44. The number of pyridine rings is 1. The van der Waals surface area contributed by atoms with E-state index in [-0.39, 0.29) is 12.6 Å². The molecule has 0 aliphatic heterocycles. The Balaban J connectivity index is 2.61. The lowest BCUT2D eigenvalue weighted by molar-refractivity contribution is 0.153. The number of nitrogens with zero attached hydrogens (tertiary/aromatic N) is 1. The third kappa shape index (κ3) is 3.73. The number of ether oxygens (including phenoxy) is 1. The number of anilines is 2. The second kappa shape index (κ2) is 6.21. The molecule has 0 spiro atoms. The van der Waals surface area contributed by atoms with E-state index < -0.39 is 0 Å². The molecule has 0 saturated heterocycles. The van der Waals surface area contributed by atoms with E-state index >= 15 is 0 Å². The molecule has 5 heteroatoms. The average molecular weight is 211 g/mol. The summed E-state index contributed by atoms with van der Waals surface area (Å²) < 4.78 is 4.97. The summed E-state index contributed by atoms with van der Waals surface area (Å²) in [5.41, 5.74) is 1.78. The minimum atomic E-state index is -0.107. The van der Waals surface area contributed by atoms with Gasteiger partial charge in [-0.1, -0.05) is 0 Å². The Labute approximate surface area is 89.5 Å². The third-order valence-corrected chi connectivity index (χ3v) is 1.99. The molecule has 3 N–H and O–H groups in total. The van der Waals surface area contributed by atoms with Crippen LogP contribution in [0.5, 0.6) is 0 Å². The van der Waals surface area contributed by atoms with Gasteiger partial charge < -0.3 is 20.5 Å². The summed E-state index contributed by atoms with van der Waals surface area (Å²) >= 11 is 0. The highest BCUT2D eigenvalue weighted by Gasteiger charge is 2.06. The molecule has 5 nitrogen and oxygen atoms in total. The molecule has 1 aromatic heterocycles. The number of aliphatic hydroxyl groups is 1. The fraction of sp³-hybridized carbons (Fsp3) is 0.500. The van der Waals surface area contributed by atoms with Crippen molar-refractivity contribution in [2.24, 2.45) is 0 Å². The van der Waals surface area contributed by atoms with Crippen molar-refractivity contribution in [1.82, 2.24) is 4.98 Å². The van der Waals surface area contributed by atoms with E-state index in [2.05, 4.69) is 15.6 Å². The summed E-state index contributed by atoms with van der Waals surface area (Å²) in [4.78, 5) is 4.06. The highest BCUT2D eigenvalue weighted by molar-refractivity contribution is 5.54. The van der Waals surface area contributed by atoms with Crippen molar-refractivity contribution >= 4 is 11.4 Å². The highest BCUT2D eigenvalue weighted by atomic mass is 16.5. The van der Waals surface area contributed by atoms with Crippen LogP contribution < -0.4 is 10.6 Å². The molecule has 0 aromatic carbocycles. The number of hydrogen-bond acceptors (Lipinski definition) is 5. The molecule has 1 heterocycles. The van der Waals surface area contributed by atoms with Crippen LogP contribution >= 0.6 is 0 Å². The lowest BCUT2D eigenvalue weighted by Gasteiger charge is -2.16. The van der Waals surface area contributed by atoms with E-state index in [0.717, 1.165) is 11.4 Å². The van der Waals surface area contributed by atoms with Crippen LogP contribution in [-0.2, 0) is 4.74 Å². The van der Waals surface area contributed by atoms with E-state index in [1.54, 1.807) is 19.5 Å². The number of aromatic nitrogens is 1. The van der Waals surface area contributed by atoms with Crippen LogP contribution in [0.15, 0.2) is 18.5 Å². The normalized spacial score (nSPS) is 12.2. The zero-order valence-electron chi connectivity index (χ0n) is 9.03. The molecule has 0 fully saturated rings. The maximum Gasteiger partial charge on any atom is 0.0726 e. The molecular formula is C10H17N3O2. The Morgan fingerprint density at radius 1 is 1.47 bits per heavy atom. The van der Waals surface area contributed by atoms with Crippen LogP contribution in [0.3, 0.4) is 0 Å². The minimum absolute atomic E-state index is 0.0254. The van der Waals surface area contributed by atoms with E-state index in [4.69, 9.17) is 9.84 Å². The molecule has 1 atom stereocenters. The number of nitrogens with one attached hydrogen (secondary N) is 2. The topological polar surface area (TPSA) is 66.4 Å². The Bertz CT molecular complexity index is 294. The van der Waals surface area contributed by atoms with Crippen LogP contribution in [0.25, 0.3) is 0 Å². The standard InChI is InChI=1S/C10H17N3O2/c1-11-8-3-9(5-12-4-8)13-10(6-14)7-15-2/h3-5,10-11,13-14H,6-7H2,1-2H3. The van der Waals surface area contributed by atoms with Crippen molar-refractivity contribution in [3.05, 3.63) is 18.5 Å². The number of aliphatic hydroxyl groups excluding tert-OH is 1. The van der Waals surface area contributed by atoms with E-state index in [1.807, 2.05) is 13.1 Å². The third-order valence-electron chi connectivity index (χ3n) is 1.99.